The van der Waals surface area contributed by atoms with Gasteiger partial charge in [0.05, 0.1) is 12.5 Å². The van der Waals surface area contributed by atoms with Gasteiger partial charge in [0, 0.05) is 6.54 Å². The van der Waals surface area contributed by atoms with Crippen molar-refractivity contribution in [3.05, 3.63) is 35.9 Å². The van der Waals surface area contributed by atoms with E-state index in [0.29, 0.717) is 18.6 Å². The standard InChI is InChI=1S/C23H32N4O7S/c1-35-11-9-16(23(33)34)25-21(31)18-8-5-10-27(18)22(32)17(13-19(28)29)26-20(30)15(24)12-14-6-3-2-4-7-14/h2-4,6-7,15-18H,5,8-13,24H2,1H3,(H,25,31)(H,26,30)(H,28,29)(H,33,34). The Balaban J connectivity index is 2.09. The van der Waals surface area contributed by atoms with Crippen molar-refractivity contribution in [2.45, 2.75) is 56.3 Å². The largest absolute Gasteiger partial charge is 0.481 e. The molecule has 0 radical (unpaired) electrons. The number of likely N-dealkylation sites (tertiary alicyclic amines) is 1. The molecule has 2 rings (SSSR count). The van der Waals surface area contributed by atoms with Crippen molar-refractivity contribution in [1.82, 2.24) is 15.5 Å². The number of aliphatic carboxylic acids is 2. The maximum atomic E-state index is 13.2. The third-order valence-corrected chi connectivity index (χ3v) is 6.34. The van der Waals surface area contributed by atoms with Crippen molar-refractivity contribution in [3.63, 3.8) is 0 Å². The third kappa shape index (κ3) is 8.55. The van der Waals surface area contributed by atoms with Crippen LogP contribution in [0.5, 0.6) is 0 Å². The maximum Gasteiger partial charge on any atom is 0.326 e. The number of carboxylic acids is 2. The van der Waals surface area contributed by atoms with Crippen LogP contribution in [0.3, 0.4) is 0 Å². The van der Waals surface area contributed by atoms with Gasteiger partial charge in [-0.25, -0.2) is 4.79 Å². The Kier molecular flexibility index (Phi) is 11.0. The van der Waals surface area contributed by atoms with Gasteiger partial charge in [0.1, 0.15) is 18.1 Å². The second kappa shape index (κ2) is 13.7. The lowest BCUT2D eigenvalue weighted by Crippen LogP contribution is -2.57. The van der Waals surface area contributed by atoms with E-state index in [4.69, 9.17) is 5.73 Å². The molecule has 1 aliphatic rings. The van der Waals surface area contributed by atoms with E-state index < -0.39 is 60.2 Å². The summed E-state index contributed by atoms with van der Waals surface area (Å²) in [5.41, 5.74) is 6.78. The Labute approximate surface area is 207 Å². The molecule has 0 bridgehead atoms. The van der Waals surface area contributed by atoms with Gasteiger partial charge < -0.3 is 31.5 Å². The van der Waals surface area contributed by atoms with Gasteiger partial charge in [-0.2, -0.15) is 11.8 Å². The van der Waals surface area contributed by atoms with Gasteiger partial charge in [0.15, 0.2) is 0 Å². The molecule has 0 aromatic heterocycles. The van der Waals surface area contributed by atoms with Crippen LogP contribution >= 0.6 is 11.8 Å². The maximum absolute atomic E-state index is 13.2. The van der Waals surface area contributed by atoms with E-state index in [1.807, 2.05) is 12.3 Å². The highest BCUT2D eigenvalue weighted by Crippen LogP contribution is 2.20. The van der Waals surface area contributed by atoms with Gasteiger partial charge in [-0.1, -0.05) is 30.3 Å². The lowest BCUT2D eigenvalue weighted by atomic mass is 10.0. The van der Waals surface area contributed by atoms with Crippen LogP contribution < -0.4 is 16.4 Å². The number of nitrogens with two attached hydrogens (primary N) is 1. The number of nitrogens with one attached hydrogen (secondary N) is 2. The average molecular weight is 509 g/mol. The van der Waals surface area contributed by atoms with Gasteiger partial charge in [-0.15, -0.1) is 0 Å². The Hall–Kier alpha value is -3.12. The summed E-state index contributed by atoms with van der Waals surface area (Å²) in [5, 5.41) is 23.6. The topological polar surface area (TPSA) is 179 Å². The van der Waals surface area contributed by atoms with Crippen molar-refractivity contribution < 1.29 is 34.2 Å². The van der Waals surface area contributed by atoms with E-state index in [1.54, 1.807) is 24.3 Å². The first-order valence-corrected chi connectivity index (χ1v) is 12.7. The first kappa shape index (κ1) is 28.1. The van der Waals surface area contributed by atoms with Gasteiger partial charge >= 0.3 is 11.9 Å². The number of amides is 3. The molecule has 0 aliphatic carbocycles. The van der Waals surface area contributed by atoms with Crippen LogP contribution in [-0.4, -0.2) is 87.5 Å². The molecule has 4 atom stereocenters. The summed E-state index contributed by atoms with van der Waals surface area (Å²) in [7, 11) is 0. The van der Waals surface area contributed by atoms with Crippen molar-refractivity contribution in [2.24, 2.45) is 5.73 Å². The number of nitrogens with zero attached hydrogens (tertiary/aromatic N) is 1. The highest BCUT2D eigenvalue weighted by atomic mass is 32.2. The minimum Gasteiger partial charge on any atom is -0.481 e. The predicted molar refractivity (Wildman–Crippen MR) is 130 cm³/mol. The molecule has 1 aliphatic heterocycles. The van der Waals surface area contributed by atoms with Gasteiger partial charge in [0.25, 0.3) is 0 Å². The summed E-state index contributed by atoms with van der Waals surface area (Å²) in [5.74, 6) is -3.97. The lowest BCUT2D eigenvalue weighted by Gasteiger charge is -2.29. The zero-order valence-corrected chi connectivity index (χ0v) is 20.3. The first-order chi connectivity index (χ1) is 16.6. The van der Waals surface area contributed by atoms with E-state index >= 15 is 0 Å². The molecule has 6 N–H and O–H groups in total. The number of carbonyl (C=O) groups is 5. The van der Waals surface area contributed by atoms with E-state index in [-0.39, 0.29) is 19.4 Å². The molecule has 1 fully saturated rings. The molecule has 1 aromatic carbocycles. The molecule has 1 heterocycles. The van der Waals surface area contributed by atoms with Crippen LogP contribution in [0.15, 0.2) is 30.3 Å². The lowest BCUT2D eigenvalue weighted by molar-refractivity contribution is -0.147. The number of hydrogen-bond acceptors (Lipinski definition) is 7. The van der Waals surface area contributed by atoms with E-state index in [2.05, 4.69) is 10.6 Å². The number of benzene rings is 1. The Bertz CT molecular complexity index is 914. The molecule has 35 heavy (non-hydrogen) atoms. The minimum atomic E-state index is -1.41. The van der Waals surface area contributed by atoms with Crippen molar-refractivity contribution in [3.8, 4) is 0 Å². The van der Waals surface area contributed by atoms with E-state index in [9.17, 15) is 34.2 Å². The molecule has 1 aromatic rings. The fourth-order valence-electron chi connectivity index (χ4n) is 3.88. The monoisotopic (exact) mass is 508 g/mol. The Morgan fingerprint density at radius 1 is 1.11 bits per heavy atom. The number of hydrogen-bond donors (Lipinski definition) is 5. The minimum absolute atomic E-state index is 0.182. The predicted octanol–water partition coefficient (Wildman–Crippen LogP) is -0.171. The molecule has 192 valence electrons. The quantitative estimate of drug-likeness (QED) is 0.242. The van der Waals surface area contributed by atoms with E-state index in [0.717, 1.165) is 5.56 Å². The molecule has 11 nitrogen and oxygen atoms in total. The third-order valence-electron chi connectivity index (χ3n) is 5.69. The molecular formula is C23H32N4O7S. The number of carboxylic acid groups (broad SMARTS) is 2. The van der Waals surface area contributed by atoms with Crippen LogP contribution in [0.2, 0.25) is 0 Å². The van der Waals surface area contributed by atoms with Gasteiger partial charge in [-0.3, -0.25) is 19.2 Å². The summed E-state index contributed by atoms with van der Waals surface area (Å²) in [6, 6.07) is 4.53. The Morgan fingerprint density at radius 2 is 1.80 bits per heavy atom. The first-order valence-electron chi connectivity index (χ1n) is 11.3. The molecule has 3 amide bonds. The summed E-state index contributed by atoms with van der Waals surface area (Å²) < 4.78 is 0. The second-order valence-electron chi connectivity index (χ2n) is 8.33. The van der Waals surface area contributed by atoms with Crippen LogP contribution in [-0.2, 0) is 30.4 Å². The van der Waals surface area contributed by atoms with E-state index in [1.165, 1.54) is 16.7 Å². The van der Waals surface area contributed by atoms with Crippen LogP contribution in [0.1, 0.15) is 31.2 Å². The fraction of sp³-hybridized carbons (Fsp3) is 0.522. The normalized spacial score (nSPS) is 17.8. The molecule has 12 heteroatoms. The SMILES string of the molecule is CSCCC(NC(=O)C1CCCN1C(=O)C(CC(=O)O)NC(=O)C(N)Cc1ccccc1)C(=O)O. The summed E-state index contributed by atoms with van der Waals surface area (Å²) >= 11 is 1.44. The highest BCUT2D eigenvalue weighted by molar-refractivity contribution is 7.98. The smallest absolute Gasteiger partial charge is 0.326 e. The van der Waals surface area contributed by atoms with Crippen LogP contribution in [0.4, 0.5) is 0 Å². The highest BCUT2D eigenvalue weighted by Gasteiger charge is 2.39. The Morgan fingerprint density at radius 3 is 2.40 bits per heavy atom. The van der Waals surface area contributed by atoms with Crippen molar-refractivity contribution >= 4 is 41.4 Å². The molecule has 0 saturated carbocycles. The summed E-state index contributed by atoms with van der Waals surface area (Å²) in [4.78, 5) is 62.8. The number of carbonyl (C=O) groups excluding carboxylic acids is 3. The molecule has 0 spiro atoms. The molecule has 4 unspecified atom stereocenters. The zero-order valence-electron chi connectivity index (χ0n) is 19.5. The second-order valence-corrected chi connectivity index (χ2v) is 9.31. The number of thioether (sulfide) groups is 1. The summed E-state index contributed by atoms with van der Waals surface area (Å²) in [6.07, 6.45) is 2.34. The van der Waals surface area contributed by atoms with Crippen LogP contribution in [0.25, 0.3) is 0 Å². The van der Waals surface area contributed by atoms with Gasteiger partial charge in [-0.05, 0) is 43.3 Å². The van der Waals surface area contributed by atoms with Crippen molar-refractivity contribution in [2.75, 3.05) is 18.6 Å². The molecular weight excluding hydrogens is 476 g/mol. The number of rotatable bonds is 13. The average Bonchev–Trinajstić information content (AvgIpc) is 3.31. The zero-order chi connectivity index (χ0) is 26.0. The summed E-state index contributed by atoms with van der Waals surface area (Å²) in [6.45, 7) is 0.182. The van der Waals surface area contributed by atoms with Gasteiger partial charge in [0.2, 0.25) is 17.7 Å². The fourth-order valence-corrected chi connectivity index (χ4v) is 4.35. The van der Waals surface area contributed by atoms with Crippen LogP contribution in [0, 0.1) is 0 Å². The molecule has 1 saturated heterocycles. The van der Waals surface area contributed by atoms with Crippen molar-refractivity contribution in [1.29, 1.82) is 0 Å².